The Hall–Kier alpha value is -3.22. The summed E-state index contributed by atoms with van der Waals surface area (Å²) in [6.07, 6.45) is 7.27. The van der Waals surface area contributed by atoms with Crippen LogP contribution >= 0.6 is 0 Å². The van der Waals surface area contributed by atoms with Crippen LogP contribution in [0.1, 0.15) is 11.1 Å². The molecule has 0 aliphatic rings. The van der Waals surface area contributed by atoms with Gasteiger partial charge in [-0.05, 0) is 23.3 Å². The molecule has 4 rings (SSSR count). The summed E-state index contributed by atoms with van der Waals surface area (Å²) < 4.78 is 29.2. The molecule has 0 unspecified atom stereocenters. The number of rotatable bonds is 3. The van der Waals surface area contributed by atoms with Gasteiger partial charge in [0.05, 0.1) is 6.20 Å². The van der Waals surface area contributed by atoms with E-state index in [1.165, 1.54) is 0 Å². The van der Waals surface area contributed by atoms with Crippen molar-refractivity contribution in [2.75, 3.05) is 0 Å². The highest BCUT2D eigenvalue weighted by Crippen LogP contribution is 2.28. The quantitative estimate of drug-likeness (QED) is 0.599. The first kappa shape index (κ1) is 15.3. The van der Waals surface area contributed by atoms with Gasteiger partial charge in [-0.2, -0.15) is 5.10 Å². The number of phenolic OH excluding ortho intramolecular Hbond substituents is 1. The Morgan fingerprint density at radius 3 is 2.68 bits per heavy atom. The van der Waals surface area contributed by atoms with Crippen molar-refractivity contribution in [1.29, 1.82) is 0 Å². The lowest BCUT2D eigenvalue weighted by atomic mass is 10.0. The standard InChI is InChI=1S/C18H14F2N4O/c1-24-9-13(8-23-24)11-3-14-12(7-22-18(14)21-6-11)2-10-4-16(20)17(25)5-15(10)19/h3-9,25H,2H2,1H3,(H,21,22). The molecule has 0 radical (unpaired) electrons. The Kier molecular flexibility index (Phi) is 3.49. The van der Waals surface area contributed by atoms with Gasteiger partial charge < -0.3 is 10.1 Å². The van der Waals surface area contributed by atoms with Gasteiger partial charge in [-0.1, -0.05) is 0 Å². The summed E-state index contributed by atoms with van der Waals surface area (Å²) in [7, 11) is 1.83. The molecule has 5 nitrogen and oxygen atoms in total. The third-order valence-electron chi connectivity index (χ3n) is 4.15. The molecule has 0 aliphatic heterocycles. The van der Waals surface area contributed by atoms with E-state index in [-0.39, 0.29) is 12.0 Å². The van der Waals surface area contributed by atoms with Crippen LogP contribution in [-0.2, 0) is 13.5 Å². The molecule has 4 aromatic rings. The molecule has 0 fully saturated rings. The van der Waals surface area contributed by atoms with Crippen LogP contribution in [0.15, 0.2) is 43.0 Å². The number of benzene rings is 1. The maximum Gasteiger partial charge on any atom is 0.165 e. The fraction of sp³-hybridized carbons (Fsp3) is 0.111. The minimum Gasteiger partial charge on any atom is -0.505 e. The summed E-state index contributed by atoms with van der Waals surface area (Å²) in [5.74, 6) is -2.18. The van der Waals surface area contributed by atoms with E-state index in [1.54, 1.807) is 23.3 Å². The van der Waals surface area contributed by atoms with Gasteiger partial charge >= 0.3 is 0 Å². The molecular formula is C18H14F2N4O. The number of aromatic nitrogens is 4. The summed E-state index contributed by atoms with van der Waals surface area (Å²) in [6.45, 7) is 0. The smallest absolute Gasteiger partial charge is 0.165 e. The van der Waals surface area contributed by atoms with Gasteiger partial charge in [-0.15, -0.1) is 0 Å². The molecule has 3 heterocycles. The van der Waals surface area contributed by atoms with E-state index in [1.807, 2.05) is 19.3 Å². The Balaban J connectivity index is 1.76. The molecule has 0 aliphatic carbocycles. The number of hydrogen-bond acceptors (Lipinski definition) is 3. The molecule has 0 atom stereocenters. The minimum absolute atomic E-state index is 0.169. The fourth-order valence-corrected chi connectivity index (χ4v) is 2.85. The molecule has 0 saturated carbocycles. The molecular weight excluding hydrogens is 326 g/mol. The van der Waals surface area contributed by atoms with Crippen molar-refractivity contribution < 1.29 is 13.9 Å². The van der Waals surface area contributed by atoms with E-state index in [0.29, 0.717) is 5.65 Å². The van der Waals surface area contributed by atoms with Crippen LogP contribution < -0.4 is 0 Å². The summed E-state index contributed by atoms with van der Waals surface area (Å²) in [6, 6.07) is 3.75. The Labute approximate surface area is 141 Å². The summed E-state index contributed by atoms with van der Waals surface area (Å²) in [4.78, 5) is 7.42. The number of halogens is 2. The van der Waals surface area contributed by atoms with Crippen LogP contribution in [0, 0.1) is 11.6 Å². The van der Waals surface area contributed by atoms with Gasteiger partial charge in [0.25, 0.3) is 0 Å². The van der Waals surface area contributed by atoms with E-state index in [4.69, 9.17) is 0 Å². The van der Waals surface area contributed by atoms with E-state index in [9.17, 15) is 13.9 Å². The van der Waals surface area contributed by atoms with Gasteiger partial charge in [-0.25, -0.2) is 13.8 Å². The van der Waals surface area contributed by atoms with Crippen molar-refractivity contribution in [3.05, 3.63) is 65.7 Å². The molecule has 2 N–H and O–H groups in total. The summed E-state index contributed by atoms with van der Waals surface area (Å²) in [5, 5.41) is 14.2. The lowest BCUT2D eigenvalue weighted by molar-refractivity contribution is 0.425. The number of aromatic amines is 1. The molecule has 126 valence electrons. The second kappa shape index (κ2) is 5.70. The Bertz CT molecular complexity index is 1080. The zero-order valence-electron chi connectivity index (χ0n) is 13.3. The SMILES string of the molecule is Cn1cc(-c2cnc3[nH]cc(Cc4cc(F)c(O)cc4F)c3c2)cn1. The number of aryl methyl sites for hydroxylation is 1. The lowest BCUT2D eigenvalue weighted by Gasteiger charge is -2.05. The normalized spacial score (nSPS) is 11.3. The van der Waals surface area contributed by atoms with Crippen molar-refractivity contribution in [1.82, 2.24) is 19.7 Å². The number of nitrogens with one attached hydrogen (secondary N) is 1. The van der Waals surface area contributed by atoms with Gasteiger partial charge in [-0.3, -0.25) is 4.68 Å². The van der Waals surface area contributed by atoms with E-state index in [2.05, 4.69) is 15.1 Å². The molecule has 7 heteroatoms. The number of phenols is 1. The Morgan fingerprint density at radius 1 is 1.08 bits per heavy atom. The second-order valence-corrected chi connectivity index (χ2v) is 5.91. The molecule has 0 amide bonds. The number of nitrogens with zero attached hydrogens (tertiary/aromatic N) is 3. The van der Waals surface area contributed by atoms with Gasteiger partial charge in [0.1, 0.15) is 11.5 Å². The molecule has 3 aromatic heterocycles. The first-order chi connectivity index (χ1) is 12.0. The Morgan fingerprint density at radius 2 is 1.92 bits per heavy atom. The van der Waals surface area contributed by atoms with Crippen LogP contribution in [0.2, 0.25) is 0 Å². The average molecular weight is 340 g/mol. The van der Waals surface area contributed by atoms with Crippen LogP contribution in [0.5, 0.6) is 5.75 Å². The number of hydrogen-bond donors (Lipinski definition) is 2. The topological polar surface area (TPSA) is 66.7 Å². The van der Waals surface area contributed by atoms with Crippen LogP contribution in [0.3, 0.4) is 0 Å². The van der Waals surface area contributed by atoms with E-state index < -0.39 is 17.4 Å². The summed E-state index contributed by atoms with van der Waals surface area (Å²) >= 11 is 0. The molecule has 25 heavy (non-hydrogen) atoms. The first-order valence-corrected chi connectivity index (χ1v) is 7.63. The van der Waals surface area contributed by atoms with Crippen molar-refractivity contribution >= 4 is 11.0 Å². The highest BCUT2D eigenvalue weighted by atomic mass is 19.1. The predicted octanol–water partition coefficient (Wildman–Crippen LogP) is 3.54. The maximum atomic E-state index is 14.0. The number of H-pyrrole nitrogens is 1. The summed E-state index contributed by atoms with van der Waals surface area (Å²) in [5.41, 5.74) is 3.44. The largest absolute Gasteiger partial charge is 0.505 e. The van der Waals surface area contributed by atoms with Crippen molar-refractivity contribution in [2.24, 2.45) is 7.05 Å². The minimum atomic E-state index is -0.842. The lowest BCUT2D eigenvalue weighted by Crippen LogP contribution is -1.94. The number of aromatic hydroxyl groups is 1. The first-order valence-electron chi connectivity index (χ1n) is 7.63. The second-order valence-electron chi connectivity index (χ2n) is 5.91. The number of pyridine rings is 1. The fourth-order valence-electron chi connectivity index (χ4n) is 2.85. The molecule has 1 aromatic carbocycles. The van der Waals surface area contributed by atoms with Crippen molar-refractivity contribution in [3.8, 4) is 16.9 Å². The predicted molar refractivity (Wildman–Crippen MR) is 89.1 cm³/mol. The van der Waals surface area contributed by atoms with Crippen LogP contribution in [0.4, 0.5) is 8.78 Å². The van der Waals surface area contributed by atoms with Crippen molar-refractivity contribution in [2.45, 2.75) is 6.42 Å². The zero-order chi connectivity index (χ0) is 17.6. The third-order valence-corrected chi connectivity index (χ3v) is 4.15. The highest BCUT2D eigenvalue weighted by molar-refractivity contribution is 5.84. The van der Waals surface area contributed by atoms with Crippen LogP contribution in [-0.4, -0.2) is 24.9 Å². The number of fused-ring (bicyclic) bond motifs is 1. The zero-order valence-corrected chi connectivity index (χ0v) is 13.3. The van der Waals surface area contributed by atoms with Gasteiger partial charge in [0, 0.05) is 54.6 Å². The average Bonchev–Trinajstić information content (AvgIpc) is 3.19. The molecule has 0 spiro atoms. The third kappa shape index (κ3) is 2.73. The van der Waals surface area contributed by atoms with Gasteiger partial charge in [0.2, 0.25) is 0 Å². The molecule has 0 bridgehead atoms. The van der Waals surface area contributed by atoms with E-state index >= 15 is 0 Å². The monoisotopic (exact) mass is 340 g/mol. The van der Waals surface area contributed by atoms with Crippen LogP contribution in [0.25, 0.3) is 22.2 Å². The van der Waals surface area contributed by atoms with Gasteiger partial charge in [0.15, 0.2) is 11.6 Å². The molecule has 0 saturated heterocycles. The van der Waals surface area contributed by atoms with E-state index in [0.717, 1.165) is 34.2 Å². The highest BCUT2D eigenvalue weighted by Gasteiger charge is 2.13. The van der Waals surface area contributed by atoms with Crippen molar-refractivity contribution in [3.63, 3.8) is 0 Å². The maximum absolute atomic E-state index is 14.0.